The van der Waals surface area contributed by atoms with E-state index in [1.807, 2.05) is 6.92 Å². The molecule has 0 heterocycles. The van der Waals surface area contributed by atoms with Gasteiger partial charge in [-0.05, 0) is 18.6 Å². The Balaban J connectivity index is 2.90. The number of benzene rings is 1. The highest BCUT2D eigenvalue weighted by atomic mass is 32.2. The van der Waals surface area contributed by atoms with Crippen LogP contribution in [0.15, 0.2) is 18.2 Å². The molecule has 102 valence electrons. The third kappa shape index (κ3) is 4.10. The lowest BCUT2D eigenvalue weighted by atomic mass is 10.3. The van der Waals surface area contributed by atoms with E-state index in [9.17, 15) is 8.42 Å². The van der Waals surface area contributed by atoms with Crippen LogP contribution in [0.3, 0.4) is 0 Å². The summed E-state index contributed by atoms with van der Waals surface area (Å²) in [6.45, 7) is 1.95. The summed E-state index contributed by atoms with van der Waals surface area (Å²) in [4.78, 5) is 0. The van der Waals surface area contributed by atoms with Crippen molar-refractivity contribution in [1.29, 1.82) is 0 Å². The molecular weight excluding hydrogens is 254 g/mol. The lowest BCUT2D eigenvalue weighted by molar-refractivity contribution is 0.395. The molecule has 0 fully saturated rings. The molecule has 0 saturated heterocycles. The van der Waals surface area contributed by atoms with Crippen LogP contribution in [0.4, 0.5) is 5.69 Å². The summed E-state index contributed by atoms with van der Waals surface area (Å²) in [7, 11) is -0.293. The zero-order chi connectivity index (χ0) is 13.6. The fraction of sp³-hybridized carbons (Fsp3) is 0.500. The van der Waals surface area contributed by atoms with Gasteiger partial charge in [0, 0.05) is 6.07 Å². The molecule has 0 atom stereocenters. The number of ether oxygens (including phenoxy) is 2. The van der Waals surface area contributed by atoms with E-state index < -0.39 is 10.0 Å². The van der Waals surface area contributed by atoms with Crippen LogP contribution < -0.4 is 14.2 Å². The third-order valence-electron chi connectivity index (χ3n) is 2.44. The number of anilines is 1. The highest BCUT2D eigenvalue weighted by molar-refractivity contribution is 7.92. The van der Waals surface area contributed by atoms with Gasteiger partial charge >= 0.3 is 0 Å². The van der Waals surface area contributed by atoms with E-state index >= 15 is 0 Å². The summed E-state index contributed by atoms with van der Waals surface area (Å²) < 4.78 is 36.3. The van der Waals surface area contributed by atoms with Crippen molar-refractivity contribution >= 4 is 15.7 Å². The molecule has 0 spiro atoms. The van der Waals surface area contributed by atoms with Crippen LogP contribution >= 0.6 is 0 Å². The van der Waals surface area contributed by atoms with E-state index in [1.54, 1.807) is 25.3 Å². The summed E-state index contributed by atoms with van der Waals surface area (Å²) in [6, 6.07) is 4.94. The molecule has 0 saturated carbocycles. The lowest BCUT2D eigenvalue weighted by Crippen LogP contribution is -2.17. The average Bonchev–Trinajstić information content (AvgIpc) is 2.36. The zero-order valence-electron chi connectivity index (χ0n) is 10.9. The molecule has 0 aliphatic heterocycles. The number of hydrogen-bond donors (Lipinski definition) is 1. The largest absolute Gasteiger partial charge is 0.497 e. The molecule has 5 nitrogen and oxygen atoms in total. The Labute approximate surface area is 108 Å². The quantitative estimate of drug-likeness (QED) is 0.827. The fourth-order valence-electron chi connectivity index (χ4n) is 1.44. The Morgan fingerprint density at radius 2 is 1.94 bits per heavy atom. The Kier molecular flexibility index (Phi) is 5.27. The van der Waals surface area contributed by atoms with Crippen LogP contribution in [0, 0.1) is 0 Å². The van der Waals surface area contributed by atoms with E-state index in [1.165, 1.54) is 7.11 Å². The second kappa shape index (κ2) is 6.49. The topological polar surface area (TPSA) is 64.6 Å². The van der Waals surface area contributed by atoms with Gasteiger partial charge < -0.3 is 9.47 Å². The normalized spacial score (nSPS) is 11.1. The number of methoxy groups -OCH3 is 2. The smallest absolute Gasteiger partial charge is 0.232 e. The van der Waals surface area contributed by atoms with Gasteiger partial charge in [-0.15, -0.1) is 0 Å². The van der Waals surface area contributed by atoms with Crippen molar-refractivity contribution in [3.8, 4) is 11.5 Å². The first kappa shape index (κ1) is 14.6. The second-order valence-electron chi connectivity index (χ2n) is 3.84. The number of unbranched alkanes of at least 4 members (excludes halogenated alkanes) is 1. The van der Waals surface area contributed by atoms with Gasteiger partial charge in [0.2, 0.25) is 10.0 Å². The molecule has 1 N–H and O–H groups in total. The maximum Gasteiger partial charge on any atom is 0.232 e. The predicted molar refractivity (Wildman–Crippen MR) is 71.9 cm³/mol. The van der Waals surface area contributed by atoms with Gasteiger partial charge in [-0.1, -0.05) is 13.3 Å². The summed E-state index contributed by atoms with van der Waals surface area (Å²) in [5.74, 6) is 1.16. The van der Waals surface area contributed by atoms with Crippen LogP contribution in [0.25, 0.3) is 0 Å². The standard InChI is InChI=1S/C12H19NO4S/c1-4-5-8-18(14,15)13-11-7-6-10(16-2)9-12(11)17-3/h6-7,9,13H,4-5,8H2,1-3H3. The van der Waals surface area contributed by atoms with Crippen molar-refractivity contribution in [3.63, 3.8) is 0 Å². The van der Waals surface area contributed by atoms with E-state index in [2.05, 4.69) is 4.72 Å². The highest BCUT2D eigenvalue weighted by Gasteiger charge is 2.13. The monoisotopic (exact) mass is 273 g/mol. The summed E-state index contributed by atoms with van der Waals surface area (Å²) in [5.41, 5.74) is 0.425. The van der Waals surface area contributed by atoms with E-state index in [-0.39, 0.29) is 5.75 Å². The molecule has 1 aromatic carbocycles. The summed E-state index contributed by atoms with van der Waals surface area (Å²) in [6.07, 6.45) is 1.47. The average molecular weight is 273 g/mol. The molecule has 0 bridgehead atoms. The van der Waals surface area contributed by atoms with Crippen molar-refractivity contribution in [2.45, 2.75) is 19.8 Å². The zero-order valence-corrected chi connectivity index (χ0v) is 11.7. The Bertz CT molecular complexity index is 485. The Morgan fingerprint density at radius 3 is 2.50 bits per heavy atom. The van der Waals surface area contributed by atoms with Crippen LogP contribution in [0.1, 0.15) is 19.8 Å². The van der Waals surface area contributed by atoms with E-state index in [4.69, 9.17) is 9.47 Å². The molecule has 0 aromatic heterocycles. The van der Waals surface area contributed by atoms with E-state index in [0.717, 1.165) is 6.42 Å². The minimum atomic E-state index is -3.32. The number of hydrogen-bond acceptors (Lipinski definition) is 4. The Hall–Kier alpha value is -1.43. The van der Waals surface area contributed by atoms with Crippen LogP contribution in [0.2, 0.25) is 0 Å². The van der Waals surface area contributed by atoms with Crippen molar-refractivity contribution < 1.29 is 17.9 Å². The second-order valence-corrected chi connectivity index (χ2v) is 5.68. The maximum absolute atomic E-state index is 11.8. The lowest BCUT2D eigenvalue weighted by Gasteiger charge is -2.12. The minimum Gasteiger partial charge on any atom is -0.497 e. The maximum atomic E-state index is 11.8. The summed E-state index contributed by atoms with van der Waals surface area (Å²) >= 11 is 0. The molecule has 0 radical (unpaired) electrons. The Morgan fingerprint density at radius 1 is 1.22 bits per heavy atom. The number of nitrogens with one attached hydrogen (secondary N) is 1. The van der Waals surface area contributed by atoms with Crippen molar-refractivity contribution in [2.24, 2.45) is 0 Å². The van der Waals surface area contributed by atoms with Crippen molar-refractivity contribution in [2.75, 3.05) is 24.7 Å². The van der Waals surface area contributed by atoms with Gasteiger partial charge in [-0.2, -0.15) is 0 Å². The molecule has 1 aromatic rings. The van der Waals surface area contributed by atoms with Gasteiger partial charge in [0.15, 0.2) is 0 Å². The van der Waals surface area contributed by atoms with E-state index in [0.29, 0.717) is 23.6 Å². The fourth-order valence-corrected chi connectivity index (χ4v) is 2.71. The molecule has 1 rings (SSSR count). The number of sulfonamides is 1. The van der Waals surface area contributed by atoms with Gasteiger partial charge in [0.25, 0.3) is 0 Å². The molecule has 0 unspecified atom stereocenters. The highest BCUT2D eigenvalue weighted by Crippen LogP contribution is 2.29. The first-order valence-electron chi connectivity index (χ1n) is 5.75. The molecule has 0 aliphatic carbocycles. The van der Waals surface area contributed by atoms with Crippen molar-refractivity contribution in [3.05, 3.63) is 18.2 Å². The van der Waals surface area contributed by atoms with Crippen LogP contribution in [-0.4, -0.2) is 28.4 Å². The first-order valence-corrected chi connectivity index (χ1v) is 7.40. The SMILES string of the molecule is CCCCS(=O)(=O)Nc1ccc(OC)cc1OC. The third-order valence-corrected chi connectivity index (χ3v) is 3.80. The van der Waals surface area contributed by atoms with Gasteiger partial charge in [-0.3, -0.25) is 4.72 Å². The number of rotatable bonds is 7. The summed E-state index contributed by atoms with van der Waals surface area (Å²) in [5, 5.41) is 0. The molecule has 0 amide bonds. The first-order chi connectivity index (χ1) is 8.52. The van der Waals surface area contributed by atoms with Crippen LogP contribution in [-0.2, 0) is 10.0 Å². The molecule has 6 heteroatoms. The van der Waals surface area contributed by atoms with Gasteiger partial charge in [-0.25, -0.2) is 8.42 Å². The molecule has 0 aliphatic rings. The predicted octanol–water partition coefficient (Wildman–Crippen LogP) is 2.25. The van der Waals surface area contributed by atoms with Gasteiger partial charge in [0.05, 0.1) is 25.7 Å². The minimum absolute atomic E-state index is 0.110. The van der Waals surface area contributed by atoms with Gasteiger partial charge in [0.1, 0.15) is 11.5 Å². The molecular formula is C12H19NO4S. The molecule has 18 heavy (non-hydrogen) atoms. The van der Waals surface area contributed by atoms with Crippen LogP contribution in [0.5, 0.6) is 11.5 Å². The van der Waals surface area contributed by atoms with Crippen molar-refractivity contribution in [1.82, 2.24) is 0 Å².